The van der Waals surface area contributed by atoms with Gasteiger partial charge in [-0.1, -0.05) is 24.3 Å². The molecule has 3 rings (SSSR count). The van der Waals surface area contributed by atoms with E-state index < -0.39 is 10.0 Å². The molecule has 7 heteroatoms. The van der Waals surface area contributed by atoms with Gasteiger partial charge in [-0.15, -0.1) is 0 Å². The number of sulfonamides is 1. The van der Waals surface area contributed by atoms with Gasteiger partial charge < -0.3 is 5.32 Å². The molecule has 0 spiro atoms. The summed E-state index contributed by atoms with van der Waals surface area (Å²) in [5.74, 6) is -0.188. The molecule has 0 radical (unpaired) electrons. The maximum atomic E-state index is 12.3. The average molecular weight is 410 g/mol. The molecule has 1 N–H and O–H groups in total. The minimum Gasteiger partial charge on any atom is -0.348 e. The highest BCUT2D eigenvalue weighted by molar-refractivity contribution is 7.92. The number of rotatable bonds is 7. The highest BCUT2D eigenvalue weighted by Gasteiger charge is 2.18. The van der Waals surface area contributed by atoms with Crippen LogP contribution in [0.3, 0.4) is 0 Å². The Kier molecular flexibility index (Phi) is 6.29. The third-order valence-electron chi connectivity index (χ3n) is 4.43. The Balaban J connectivity index is 1.70. The summed E-state index contributed by atoms with van der Waals surface area (Å²) >= 11 is 0. The first-order valence-corrected chi connectivity index (χ1v) is 11.0. The molecule has 0 bridgehead atoms. The van der Waals surface area contributed by atoms with Crippen LogP contribution in [-0.4, -0.2) is 25.6 Å². The van der Waals surface area contributed by atoms with E-state index >= 15 is 0 Å². The van der Waals surface area contributed by atoms with Crippen LogP contribution in [0.15, 0.2) is 73.1 Å². The monoisotopic (exact) mass is 409 g/mol. The van der Waals surface area contributed by atoms with E-state index in [1.165, 1.54) is 10.6 Å². The van der Waals surface area contributed by atoms with Crippen LogP contribution in [0.1, 0.15) is 27.0 Å². The van der Waals surface area contributed by atoms with Gasteiger partial charge >= 0.3 is 0 Å². The Labute approximate surface area is 171 Å². The van der Waals surface area contributed by atoms with Crippen molar-refractivity contribution in [1.82, 2.24) is 10.3 Å². The van der Waals surface area contributed by atoms with Crippen molar-refractivity contribution in [3.63, 3.8) is 0 Å². The topological polar surface area (TPSA) is 79.4 Å². The van der Waals surface area contributed by atoms with E-state index in [2.05, 4.69) is 10.3 Å². The van der Waals surface area contributed by atoms with Gasteiger partial charge in [0.25, 0.3) is 5.91 Å². The van der Waals surface area contributed by atoms with Crippen LogP contribution in [0.2, 0.25) is 0 Å². The van der Waals surface area contributed by atoms with Crippen LogP contribution in [0, 0.1) is 6.92 Å². The number of nitrogens with zero attached hydrogens (tertiary/aromatic N) is 2. The SMILES string of the molecule is Cc1cccc(N(Cc2ccc(C(=O)NCc3ccncc3)cc2)S(C)(=O)=O)c1. The maximum absolute atomic E-state index is 12.3. The molecule has 1 heterocycles. The molecular weight excluding hydrogens is 386 g/mol. The number of nitrogens with one attached hydrogen (secondary N) is 1. The van der Waals surface area contributed by atoms with Crippen LogP contribution in [0.4, 0.5) is 5.69 Å². The number of anilines is 1. The molecule has 1 amide bonds. The molecule has 2 aromatic carbocycles. The Morgan fingerprint density at radius 2 is 1.69 bits per heavy atom. The highest BCUT2D eigenvalue weighted by Crippen LogP contribution is 2.22. The number of hydrogen-bond donors (Lipinski definition) is 1. The minimum atomic E-state index is -3.45. The molecule has 1 aromatic heterocycles. The summed E-state index contributed by atoms with van der Waals surface area (Å²) in [6.07, 6.45) is 4.55. The first-order valence-electron chi connectivity index (χ1n) is 9.13. The predicted molar refractivity (Wildman–Crippen MR) is 114 cm³/mol. The highest BCUT2D eigenvalue weighted by atomic mass is 32.2. The van der Waals surface area contributed by atoms with Crippen molar-refractivity contribution in [2.45, 2.75) is 20.0 Å². The minimum absolute atomic E-state index is 0.188. The van der Waals surface area contributed by atoms with Gasteiger partial charge in [-0.05, 0) is 60.0 Å². The summed E-state index contributed by atoms with van der Waals surface area (Å²) in [5.41, 5.74) is 3.88. The largest absolute Gasteiger partial charge is 0.348 e. The Morgan fingerprint density at radius 3 is 2.31 bits per heavy atom. The molecule has 0 aliphatic heterocycles. The van der Waals surface area contributed by atoms with E-state index in [9.17, 15) is 13.2 Å². The zero-order valence-electron chi connectivity index (χ0n) is 16.4. The number of carbonyl (C=O) groups excluding carboxylic acids is 1. The fraction of sp³-hybridized carbons (Fsp3) is 0.182. The summed E-state index contributed by atoms with van der Waals surface area (Å²) in [6, 6.07) is 18.0. The number of carbonyl (C=O) groups is 1. The fourth-order valence-electron chi connectivity index (χ4n) is 2.90. The Morgan fingerprint density at radius 1 is 1.00 bits per heavy atom. The van der Waals surface area contributed by atoms with Gasteiger partial charge in [0.1, 0.15) is 0 Å². The predicted octanol–water partition coefficient (Wildman–Crippen LogP) is 3.29. The number of amides is 1. The first kappa shape index (κ1) is 20.5. The van der Waals surface area contributed by atoms with E-state index in [0.29, 0.717) is 17.8 Å². The second kappa shape index (κ2) is 8.87. The summed E-state index contributed by atoms with van der Waals surface area (Å²) in [4.78, 5) is 16.3. The summed E-state index contributed by atoms with van der Waals surface area (Å²) in [6.45, 7) is 2.53. The lowest BCUT2D eigenvalue weighted by Crippen LogP contribution is -2.29. The van der Waals surface area contributed by atoms with Crippen molar-refractivity contribution < 1.29 is 13.2 Å². The maximum Gasteiger partial charge on any atom is 0.251 e. The van der Waals surface area contributed by atoms with Crippen molar-refractivity contribution in [2.75, 3.05) is 10.6 Å². The third-order valence-corrected chi connectivity index (χ3v) is 5.58. The van der Waals surface area contributed by atoms with E-state index in [1.54, 1.807) is 42.7 Å². The zero-order valence-corrected chi connectivity index (χ0v) is 17.2. The smallest absolute Gasteiger partial charge is 0.251 e. The van der Waals surface area contributed by atoms with Crippen molar-refractivity contribution in [1.29, 1.82) is 0 Å². The number of benzene rings is 2. The van der Waals surface area contributed by atoms with E-state index in [0.717, 1.165) is 16.7 Å². The van der Waals surface area contributed by atoms with Gasteiger partial charge in [-0.3, -0.25) is 14.1 Å². The van der Waals surface area contributed by atoms with Gasteiger partial charge in [0.05, 0.1) is 18.5 Å². The van der Waals surface area contributed by atoms with Gasteiger partial charge in [0, 0.05) is 24.5 Å². The normalized spacial score (nSPS) is 11.1. The number of pyridine rings is 1. The van der Waals surface area contributed by atoms with Gasteiger partial charge in [-0.25, -0.2) is 8.42 Å². The molecule has 0 unspecified atom stereocenters. The molecule has 0 aliphatic rings. The Bertz CT molecular complexity index is 1080. The molecule has 0 aliphatic carbocycles. The van der Waals surface area contributed by atoms with E-state index in [-0.39, 0.29) is 12.5 Å². The van der Waals surface area contributed by atoms with Crippen LogP contribution in [0.25, 0.3) is 0 Å². The van der Waals surface area contributed by atoms with Crippen molar-refractivity contribution in [3.05, 3.63) is 95.3 Å². The molecule has 0 fully saturated rings. The number of aryl methyl sites for hydroxylation is 1. The van der Waals surface area contributed by atoms with Crippen LogP contribution in [0.5, 0.6) is 0 Å². The van der Waals surface area contributed by atoms with E-state index in [4.69, 9.17) is 0 Å². The van der Waals surface area contributed by atoms with E-state index in [1.807, 2.05) is 37.3 Å². The molecular formula is C22H23N3O3S. The summed E-state index contributed by atoms with van der Waals surface area (Å²) in [5, 5.41) is 2.86. The second-order valence-corrected chi connectivity index (χ2v) is 8.75. The van der Waals surface area contributed by atoms with Crippen molar-refractivity contribution >= 4 is 21.6 Å². The zero-order chi connectivity index (χ0) is 20.9. The first-order chi connectivity index (χ1) is 13.8. The lowest BCUT2D eigenvalue weighted by atomic mass is 10.1. The molecule has 3 aromatic rings. The molecule has 0 saturated heterocycles. The lowest BCUT2D eigenvalue weighted by molar-refractivity contribution is 0.0951. The fourth-order valence-corrected chi connectivity index (χ4v) is 3.78. The van der Waals surface area contributed by atoms with Gasteiger partial charge in [-0.2, -0.15) is 0 Å². The Hall–Kier alpha value is -3.19. The standard InChI is InChI=1S/C22H23N3O3S/c1-17-4-3-5-21(14-17)25(29(2,27)28)16-19-6-8-20(9-7-19)22(26)24-15-18-10-12-23-13-11-18/h3-14H,15-16H2,1-2H3,(H,24,26). The molecule has 29 heavy (non-hydrogen) atoms. The van der Waals surface area contributed by atoms with Crippen LogP contribution in [-0.2, 0) is 23.1 Å². The third kappa shape index (κ3) is 5.65. The summed E-state index contributed by atoms with van der Waals surface area (Å²) < 4.78 is 26.0. The van der Waals surface area contributed by atoms with Crippen molar-refractivity contribution in [2.24, 2.45) is 0 Å². The van der Waals surface area contributed by atoms with Gasteiger partial charge in [0.15, 0.2) is 0 Å². The lowest BCUT2D eigenvalue weighted by Gasteiger charge is -2.23. The molecule has 150 valence electrons. The number of aromatic nitrogens is 1. The number of hydrogen-bond acceptors (Lipinski definition) is 4. The van der Waals surface area contributed by atoms with Crippen molar-refractivity contribution in [3.8, 4) is 0 Å². The average Bonchev–Trinajstić information content (AvgIpc) is 2.70. The second-order valence-electron chi connectivity index (χ2n) is 6.84. The van der Waals surface area contributed by atoms with Crippen LogP contribution < -0.4 is 9.62 Å². The van der Waals surface area contributed by atoms with Crippen LogP contribution >= 0.6 is 0 Å². The molecule has 0 saturated carbocycles. The molecule has 0 atom stereocenters. The summed E-state index contributed by atoms with van der Waals surface area (Å²) in [7, 11) is -3.45. The quantitative estimate of drug-likeness (QED) is 0.649. The van der Waals surface area contributed by atoms with Gasteiger partial charge in [0.2, 0.25) is 10.0 Å². The molecule has 6 nitrogen and oxygen atoms in total.